The number of carbonyl (C=O) groups is 1. The van der Waals surface area contributed by atoms with Crippen molar-refractivity contribution in [3.8, 4) is 11.5 Å². The smallest absolute Gasteiger partial charge is 0.172 e. The van der Waals surface area contributed by atoms with Crippen LogP contribution in [0.4, 0.5) is 0 Å². The Kier molecular flexibility index (Phi) is 3.86. The molecular weight excluding hydrogens is 290 g/mol. The summed E-state index contributed by atoms with van der Waals surface area (Å²) in [5, 5.41) is 8.01. The molecule has 3 aromatic rings. The van der Waals surface area contributed by atoms with E-state index >= 15 is 0 Å². The average Bonchev–Trinajstić information content (AvgIpc) is 3.15. The molecule has 0 aliphatic heterocycles. The van der Waals surface area contributed by atoms with Gasteiger partial charge in [-0.25, -0.2) is 4.68 Å². The fraction of sp³-hybridized carbons (Fsp3) is 0.278. The second-order valence-electron chi connectivity index (χ2n) is 6.52. The summed E-state index contributed by atoms with van der Waals surface area (Å²) in [6.07, 6.45) is 2.27. The van der Waals surface area contributed by atoms with E-state index in [4.69, 9.17) is 4.42 Å². The number of nitrogens with zero attached hydrogens (tertiary/aromatic N) is 3. The average molecular weight is 309 g/mol. The molecule has 0 radical (unpaired) electrons. The van der Waals surface area contributed by atoms with Gasteiger partial charge in [-0.2, -0.15) is 0 Å². The van der Waals surface area contributed by atoms with Gasteiger partial charge < -0.3 is 4.42 Å². The fourth-order valence-electron chi connectivity index (χ4n) is 2.47. The van der Waals surface area contributed by atoms with Crippen LogP contribution in [0.5, 0.6) is 0 Å². The van der Waals surface area contributed by atoms with Gasteiger partial charge in [-0.1, -0.05) is 50.3 Å². The molecule has 0 amide bonds. The van der Waals surface area contributed by atoms with Crippen molar-refractivity contribution in [1.29, 1.82) is 0 Å². The van der Waals surface area contributed by atoms with E-state index in [2.05, 4.69) is 55.3 Å². The van der Waals surface area contributed by atoms with Crippen molar-refractivity contribution in [2.24, 2.45) is 0 Å². The summed E-state index contributed by atoms with van der Waals surface area (Å²) in [5.41, 5.74) is 3.37. The van der Waals surface area contributed by atoms with E-state index in [-0.39, 0.29) is 11.1 Å². The zero-order chi connectivity index (χ0) is 16.4. The standard InChI is InChI=1S/C18H19N3O2/c1-18(2,3)14-8-6-13(7-9-14)11-21-17(15(12-22)19-20-21)16-5-4-10-23-16/h4-10,12H,11H2,1-3H3. The van der Waals surface area contributed by atoms with Gasteiger partial charge in [0.15, 0.2) is 17.7 Å². The number of hydrogen-bond donors (Lipinski definition) is 0. The van der Waals surface area contributed by atoms with Crippen LogP contribution >= 0.6 is 0 Å². The highest BCUT2D eigenvalue weighted by atomic mass is 16.3. The molecule has 0 unspecified atom stereocenters. The highest BCUT2D eigenvalue weighted by Gasteiger charge is 2.17. The zero-order valence-corrected chi connectivity index (χ0v) is 13.5. The van der Waals surface area contributed by atoms with E-state index in [1.165, 1.54) is 5.56 Å². The van der Waals surface area contributed by atoms with Crippen LogP contribution < -0.4 is 0 Å². The van der Waals surface area contributed by atoms with Gasteiger partial charge in [-0.15, -0.1) is 5.10 Å². The van der Waals surface area contributed by atoms with Crippen molar-refractivity contribution < 1.29 is 9.21 Å². The van der Waals surface area contributed by atoms with Crippen molar-refractivity contribution in [2.75, 3.05) is 0 Å². The number of furan rings is 1. The third-order valence-corrected chi connectivity index (χ3v) is 3.78. The molecule has 0 N–H and O–H groups in total. The molecule has 5 nitrogen and oxygen atoms in total. The number of hydrogen-bond acceptors (Lipinski definition) is 4. The Morgan fingerprint density at radius 3 is 2.48 bits per heavy atom. The lowest BCUT2D eigenvalue weighted by Crippen LogP contribution is -2.11. The van der Waals surface area contributed by atoms with Gasteiger partial charge in [-0.05, 0) is 28.7 Å². The van der Waals surface area contributed by atoms with Crippen LogP contribution in [0.1, 0.15) is 42.4 Å². The van der Waals surface area contributed by atoms with Crippen molar-refractivity contribution in [3.05, 3.63) is 59.5 Å². The minimum Gasteiger partial charge on any atom is -0.463 e. The van der Waals surface area contributed by atoms with Gasteiger partial charge in [0.2, 0.25) is 0 Å². The lowest BCUT2D eigenvalue weighted by Gasteiger charge is -2.19. The third-order valence-electron chi connectivity index (χ3n) is 3.78. The normalized spacial score (nSPS) is 11.6. The molecule has 5 heteroatoms. The topological polar surface area (TPSA) is 60.9 Å². The number of aromatic nitrogens is 3. The van der Waals surface area contributed by atoms with Crippen molar-refractivity contribution in [3.63, 3.8) is 0 Å². The van der Waals surface area contributed by atoms with Crippen LogP contribution in [0.3, 0.4) is 0 Å². The first-order chi connectivity index (χ1) is 11.0. The van der Waals surface area contributed by atoms with Crippen LogP contribution in [0.25, 0.3) is 11.5 Å². The minimum absolute atomic E-state index is 0.121. The van der Waals surface area contributed by atoms with Gasteiger partial charge >= 0.3 is 0 Å². The summed E-state index contributed by atoms with van der Waals surface area (Å²) in [4.78, 5) is 11.2. The lowest BCUT2D eigenvalue weighted by molar-refractivity contribution is 0.111. The van der Waals surface area contributed by atoms with E-state index in [1.807, 2.05) is 0 Å². The Balaban J connectivity index is 1.92. The van der Waals surface area contributed by atoms with Crippen molar-refractivity contribution >= 4 is 6.29 Å². The zero-order valence-electron chi connectivity index (χ0n) is 13.5. The monoisotopic (exact) mass is 309 g/mol. The molecule has 118 valence electrons. The number of rotatable bonds is 4. The maximum Gasteiger partial charge on any atom is 0.172 e. The maximum atomic E-state index is 11.2. The highest BCUT2D eigenvalue weighted by Crippen LogP contribution is 2.24. The van der Waals surface area contributed by atoms with Gasteiger partial charge in [-0.3, -0.25) is 4.79 Å². The molecule has 23 heavy (non-hydrogen) atoms. The molecule has 0 fully saturated rings. The third kappa shape index (κ3) is 3.08. The molecule has 0 saturated heterocycles. The first kappa shape index (κ1) is 15.2. The van der Waals surface area contributed by atoms with Gasteiger partial charge in [0.05, 0.1) is 12.8 Å². The van der Waals surface area contributed by atoms with E-state index in [9.17, 15) is 4.79 Å². The first-order valence-corrected chi connectivity index (χ1v) is 7.51. The predicted molar refractivity (Wildman–Crippen MR) is 87.4 cm³/mol. The van der Waals surface area contributed by atoms with Crippen LogP contribution in [0, 0.1) is 0 Å². The van der Waals surface area contributed by atoms with E-state index in [1.54, 1.807) is 23.1 Å². The molecular formula is C18H19N3O2. The summed E-state index contributed by atoms with van der Waals surface area (Å²) >= 11 is 0. The summed E-state index contributed by atoms with van der Waals surface area (Å²) in [6, 6.07) is 12.0. The molecule has 0 spiro atoms. The quantitative estimate of drug-likeness (QED) is 0.689. The molecule has 2 heterocycles. The lowest BCUT2D eigenvalue weighted by atomic mass is 9.87. The Labute approximate surface area is 134 Å². The van der Waals surface area contributed by atoms with Crippen LogP contribution in [0.2, 0.25) is 0 Å². The summed E-state index contributed by atoms with van der Waals surface area (Å²) in [5.74, 6) is 0.586. The van der Waals surface area contributed by atoms with E-state index < -0.39 is 0 Å². The Hall–Kier alpha value is -2.69. The largest absolute Gasteiger partial charge is 0.463 e. The SMILES string of the molecule is CC(C)(C)c1ccc(Cn2nnc(C=O)c2-c2ccco2)cc1. The molecule has 0 aliphatic carbocycles. The first-order valence-electron chi connectivity index (χ1n) is 7.51. The molecule has 0 saturated carbocycles. The summed E-state index contributed by atoms with van der Waals surface area (Å²) in [7, 11) is 0. The van der Waals surface area contributed by atoms with Gasteiger partial charge in [0.1, 0.15) is 5.69 Å². The Morgan fingerprint density at radius 2 is 1.91 bits per heavy atom. The number of aldehydes is 1. The van der Waals surface area contributed by atoms with Crippen molar-refractivity contribution in [1.82, 2.24) is 15.0 Å². The van der Waals surface area contributed by atoms with Crippen LogP contribution in [-0.4, -0.2) is 21.3 Å². The van der Waals surface area contributed by atoms with Crippen LogP contribution in [-0.2, 0) is 12.0 Å². The molecule has 0 bridgehead atoms. The van der Waals surface area contributed by atoms with Gasteiger partial charge in [0, 0.05) is 0 Å². The maximum absolute atomic E-state index is 11.2. The van der Waals surface area contributed by atoms with E-state index in [0.717, 1.165) is 5.56 Å². The number of benzene rings is 1. The predicted octanol–water partition coefficient (Wildman–Crippen LogP) is 3.70. The molecule has 0 atom stereocenters. The van der Waals surface area contributed by atoms with Gasteiger partial charge in [0.25, 0.3) is 0 Å². The second kappa shape index (κ2) is 5.83. The molecule has 3 rings (SSSR count). The Bertz CT molecular complexity index is 794. The fourth-order valence-corrected chi connectivity index (χ4v) is 2.47. The summed E-state index contributed by atoms with van der Waals surface area (Å²) in [6.45, 7) is 7.09. The van der Waals surface area contributed by atoms with Crippen LogP contribution in [0.15, 0.2) is 47.1 Å². The second-order valence-corrected chi connectivity index (χ2v) is 6.52. The summed E-state index contributed by atoms with van der Waals surface area (Å²) < 4.78 is 7.09. The molecule has 1 aromatic carbocycles. The number of carbonyl (C=O) groups excluding carboxylic acids is 1. The van der Waals surface area contributed by atoms with E-state index in [0.29, 0.717) is 24.3 Å². The minimum atomic E-state index is 0.121. The van der Waals surface area contributed by atoms with Crippen molar-refractivity contribution in [2.45, 2.75) is 32.7 Å². The highest BCUT2D eigenvalue weighted by molar-refractivity contribution is 5.81. The molecule has 0 aliphatic rings. The Morgan fingerprint density at radius 1 is 1.17 bits per heavy atom. The molecule has 2 aromatic heterocycles.